The van der Waals surface area contributed by atoms with Crippen LogP contribution in [0.5, 0.6) is 0 Å². The number of amides is 1. The number of aromatic nitrogens is 2. The quantitative estimate of drug-likeness (QED) is 0.485. The van der Waals surface area contributed by atoms with Gasteiger partial charge in [0.25, 0.3) is 5.91 Å². The van der Waals surface area contributed by atoms with E-state index in [0.29, 0.717) is 29.8 Å². The van der Waals surface area contributed by atoms with E-state index in [2.05, 4.69) is 22.9 Å². The lowest BCUT2D eigenvalue weighted by molar-refractivity contribution is 0.0945. The predicted molar refractivity (Wildman–Crippen MR) is 131 cm³/mol. The molecule has 0 saturated heterocycles. The Bertz CT molecular complexity index is 1230. The van der Waals surface area contributed by atoms with Crippen molar-refractivity contribution < 1.29 is 9.18 Å². The van der Waals surface area contributed by atoms with Gasteiger partial charge in [0.15, 0.2) is 0 Å². The van der Waals surface area contributed by atoms with E-state index >= 15 is 0 Å². The van der Waals surface area contributed by atoms with E-state index in [0.717, 1.165) is 23.2 Å². The Morgan fingerprint density at radius 2 is 1.97 bits per heavy atom. The molecule has 0 saturated carbocycles. The zero-order valence-electron chi connectivity index (χ0n) is 19.9. The zero-order valence-corrected chi connectivity index (χ0v) is 19.9. The van der Waals surface area contributed by atoms with Gasteiger partial charge in [-0.1, -0.05) is 56.3 Å². The van der Waals surface area contributed by atoms with Crippen LogP contribution < -0.4 is 11.1 Å². The Labute approximate surface area is 199 Å². The summed E-state index contributed by atoms with van der Waals surface area (Å²) in [6.45, 7) is 10.0. The summed E-state index contributed by atoms with van der Waals surface area (Å²) in [4.78, 5) is 17.2. The molecule has 3 rings (SSSR count). The van der Waals surface area contributed by atoms with Crippen molar-refractivity contribution in [2.75, 3.05) is 0 Å². The Balaban J connectivity index is 1.75. The van der Waals surface area contributed by atoms with E-state index in [4.69, 9.17) is 5.73 Å². The largest absolute Gasteiger partial charge is 0.399 e. The first-order valence-corrected chi connectivity index (χ1v) is 11.2. The van der Waals surface area contributed by atoms with Gasteiger partial charge >= 0.3 is 0 Å². The van der Waals surface area contributed by atoms with Gasteiger partial charge in [0.1, 0.15) is 11.5 Å². The fourth-order valence-electron chi connectivity index (χ4n) is 3.67. The van der Waals surface area contributed by atoms with Crippen molar-refractivity contribution in [3.63, 3.8) is 0 Å². The number of rotatable bonds is 9. The number of halogens is 1. The van der Waals surface area contributed by atoms with E-state index in [1.165, 1.54) is 6.07 Å². The Kier molecular flexibility index (Phi) is 7.52. The number of imidazole rings is 1. The third-order valence-corrected chi connectivity index (χ3v) is 5.82. The van der Waals surface area contributed by atoms with E-state index in [-0.39, 0.29) is 18.1 Å². The number of benzene rings is 2. The van der Waals surface area contributed by atoms with Crippen molar-refractivity contribution in [1.29, 1.82) is 5.26 Å². The number of nitrogens with one attached hydrogen (secondary N) is 1. The molecule has 0 aliphatic rings. The van der Waals surface area contributed by atoms with Crippen LogP contribution in [-0.2, 0) is 24.9 Å². The highest BCUT2D eigenvalue weighted by molar-refractivity contribution is 5.93. The summed E-state index contributed by atoms with van der Waals surface area (Å²) in [6, 6.07) is 14.8. The first-order valence-electron chi connectivity index (χ1n) is 11.2. The second kappa shape index (κ2) is 10.3. The second-order valence-electron chi connectivity index (χ2n) is 8.87. The number of nitriles is 1. The Hall–Kier alpha value is -3.92. The van der Waals surface area contributed by atoms with E-state index in [9.17, 15) is 14.4 Å². The van der Waals surface area contributed by atoms with Crippen LogP contribution in [0.2, 0.25) is 0 Å². The molecule has 176 valence electrons. The number of carbonyl (C=O) groups excluding carboxylic acids is 1. The lowest BCUT2D eigenvalue weighted by atomic mass is 9.86. The molecule has 7 heteroatoms. The maximum atomic E-state index is 14.3. The molecule has 0 fully saturated rings. The molecule has 1 amide bonds. The molecule has 0 bridgehead atoms. The number of nitrogens with zero attached hydrogens (tertiary/aromatic N) is 3. The topological polar surface area (TPSA) is 96.7 Å². The Morgan fingerprint density at radius 1 is 1.26 bits per heavy atom. The molecular weight excluding hydrogens is 429 g/mol. The van der Waals surface area contributed by atoms with Crippen molar-refractivity contribution in [2.45, 2.75) is 52.1 Å². The van der Waals surface area contributed by atoms with Crippen molar-refractivity contribution in [1.82, 2.24) is 14.9 Å². The summed E-state index contributed by atoms with van der Waals surface area (Å²) in [5.41, 5.74) is 9.39. The molecule has 0 spiro atoms. The molecule has 0 radical (unpaired) electrons. The zero-order chi connectivity index (χ0) is 24.9. The highest BCUT2D eigenvalue weighted by Gasteiger charge is 2.20. The van der Waals surface area contributed by atoms with Crippen molar-refractivity contribution in [3.05, 3.63) is 94.8 Å². The third kappa shape index (κ3) is 5.52. The molecule has 0 aliphatic heterocycles. The summed E-state index contributed by atoms with van der Waals surface area (Å²) in [5, 5.41) is 12.1. The molecule has 0 aliphatic carbocycles. The standard InChI is InChI=1S/C27H30FN5O/c1-5-6-24-25(26(34)31-14-21-10-9-20(18(2)30)13-23(21)28)32-17-33(24)15-19-7-11-22(12-8-19)27(3,4)16-29/h7-13,17H,2,5-6,14-15,30H2,1,3-4H3,(H,31,34). The fraction of sp³-hybridized carbons (Fsp3) is 0.296. The molecular formula is C27H30FN5O. The van der Waals surface area contributed by atoms with Gasteiger partial charge in [-0.3, -0.25) is 4.79 Å². The lowest BCUT2D eigenvalue weighted by Crippen LogP contribution is -2.25. The molecule has 2 aromatic carbocycles. The fourth-order valence-corrected chi connectivity index (χ4v) is 3.67. The average molecular weight is 460 g/mol. The number of carbonyl (C=O) groups is 1. The molecule has 0 unspecified atom stereocenters. The first-order chi connectivity index (χ1) is 16.2. The SMILES string of the molecule is C=C(N)c1ccc(CNC(=O)c2ncn(Cc3ccc(C(C)(C)C#N)cc3)c2CCC)c(F)c1. The van der Waals surface area contributed by atoms with Gasteiger partial charge in [0.05, 0.1) is 23.5 Å². The molecule has 6 nitrogen and oxygen atoms in total. The molecule has 0 atom stereocenters. The lowest BCUT2D eigenvalue weighted by Gasteiger charge is -2.16. The highest BCUT2D eigenvalue weighted by Crippen LogP contribution is 2.23. The van der Waals surface area contributed by atoms with Crippen LogP contribution in [0.4, 0.5) is 4.39 Å². The van der Waals surface area contributed by atoms with Gasteiger partial charge in [-0.25, -0.2) is 9.37 Å². The van der Waals surface area contributed by atoms with Gasteiger partial charge in [0, 0.05) is 24.4 Å². The van der Waals surface area contributed by atoms with Crippen molar-refractivity contribution >= 4 is 11.6 Å². The van der Waals surface area contributed by atoms with Crippen molar-refractivity contribution in [3.8, 4) is 6.07 Å². The summed E-state index contributed by atoms with van der Waals surface area (Å²) in [7, 11) is 0. The van der Waals surface area contributed by atoms with Gasteiger partial charge in [0.2, 0.25) is 0 Å². The van der Waals surface area contributed by atoms with E-state index in [1.54, 1.807) is 18.5 Å². The third-order valence-electron chi connectivity index (χ3n) is 5.82. The van der Waals surface area contributed by atoms with Gasteiger partial charge in [-0.15, -0.1) is 0 Å². The minimum Gasteiger partial charge on any atom is -0.399 e. The van der Waals surface area contributed by atoms with Gasteiger partial charge < -0.3 is 15.6 Å². The summed E-state index contributed by atoms with van der Waals surface area (Å²) in [6.07, 6.45) is 3.19. The van der Waals surface area contributed by atoms with E-state index in [1.807, 2.05) is 49.6 Å². The maximum absolute atomic E-state index is 14.3. The average Bonchev–Trinajstić information content (AvgIpc) is 3.20. The first kappa shape index (κ1) is 24.7. The number of hydrogen-bond acceptors (Lipinski definition) is 4. The van der Waals surface area contributed by atoms with Crippen LogP contribution in [0, 0.1) is 17.1 Å². The summed E-state index contributed by atoms with van der Waals surface area (Å²) in [5.74, 6) is -0.799. The van der Waals surface area contributed by atoms with Crippen LogP contribution in [-0.4, -0.2) is 15.5 Å². The normalized spacial score (nSPS) is 11.1. The molecule has 3 aromatic rings. The van der Waals surface area contributed by atoms with Crippen LogP contribution in [0.25, 0.3) is 5.70 Å². The minimum atomic E-state index is -0.551. The Morgan fingerprint density at radius 3 is 2.56 bits per heavy atom. The smallest absolute Gasteiger partial charge is 0.272 e. The number of hydrogen-bond donors (Lipinski definition) is 2. The molecule has 1 aromatic heterocycles. The van der Waals surface area contributed by atoms with Crippen molar-refractivity contribution in [2.24, 2.45) is 5.73 Å². The molecule has 1 heterocycles. The highest BCUT2D eigenvalue weighted by atomic mass is 19.1. The van der Waals surface area contributed by atoms with Gasteiger partial charge in [-0.05, 0) is 43.0 Å². The summed E-state index contributed by atoms with van der Waals surface area (Å²) >= 11 is 0. The summed E-state index contributed by atoms with van der Waals surface area (Å²) < 4.78 is 16.3. The predicted octanol–water partition coefficient (Wildman–Crippen LogP) is 4.68. The van der Waals surface area contributed by atoms with Crippen LogP contribution in [0.15, 0.2) is 55.4 Å². The molecule has 34 heavy (non-hydrogen) atoms. The van der Waals surface area contributed by atoms with Crippen LogP contribution in [0.3, 0.4) is 0 Å². The van der Waals surface area contributed by atoms with Crippen LogP contribution >= 0.6 is 0 Å². The molecule has 3 N–H and O–H groups in total. The van der Waals surface area contributed by atoms with Crippen LogP contribution in [0.1, 0.15) is 65.6 Å². The maximum Gasteiger partial charge on any atom is 0.272 e. The minimum absolute atomic E-state index is 0.0383. The number of nitrogens with two attached hydrogens (primary N) is 1. The monoisotopic (exact) mass is 459 g/mol. The second-order valence-corrected chi connectivity index (χ2v) is 8.87. The van der Waals surface area contributed by atoms with E-state index < -0.39 is 11.2 Å². The van der Waals surface area contributed by atoms with Gasteiger partial charge in [-0.2, -0.15) is 5.26 Å².